The summed E-state index contributed by atoms with van der Waals surface area (Å²) in [5.41, 5.74) is 4.40. The van der Waals surface area contributed by atoms with E-state index >= 15 is 0 Å². The second kappa shape index (κ2) is 9.31. The number of hydrogen-bond donors (Lipinski definition) is 1. The van der Waals surface area contributed by atoms with Crippen LogP contribution in [0.4, 0.5) is 0 Å². The number of carbonyl (C=O) groups excluding carboxylic acids is 1. The van der Waals surface area contributed by atoms with Crippen LogP contribution in [0.5, 0.6) is 11.5 Å². The third kappa shape index (κ3) is 4.47. The smallest absolute Gasteiger partial charge is 0.246 e. The number of carbonyl (C=O) groups is 1. The zero-order chi connectivity index (χ0) is 21.8. The van der Waals surface area contributed by atoms with Crippen molar-refractivity contribution in [1.29, 1.82) is 0 Å². The van der Waals surface area contributed by atoms with Crippen LogP contribution in [0, 0.1) is 0 Å². The molecule has 1 amide bonds. The number of nitrogens with one attached hydrogen (secondary N) is 1. The third-order valence-corrected chi connectivity index (χ3v) is 5.69. The fourth-order valence-electron chi connectivity index (χ4n) is 3.87. The molecular formula is C25H25ClN2O3. The lowest BCUT2D eigenvalue weighted by Gasteiger charge is -2.25. The molecular weight excluding hydrogens is 412 g/mol. The summed E-state index contributed by atoms with van der Waals surface area (Å²) in [6.07, 6.45) is 8.36. The highest BCUT2D eigenvalue weighted by Crippen LogP contribution is 2.36. The molecule has 0 radical (unpaired) electrons. The molecule has 1 aliphatic heterocycles. The molecule has 3 aromatic rings. The maximum absolute atomic E-state index is 12.7. The Balaban J connectivity index is 1.46. The van der Waals surface area contributed by atoms with Gasteiger partial charge >= 0.3 is 0 Å². The molecule has 0 spiro atoms. The molecule has 6 heteroatoms. The lowest BCUT2D eigenvalue weighted by atomic mass is 9.99. The summed E-state index contributed by atoms with van der Waals surface area (Å²) in [7, 11) is 1.55. The van der Waals surface area contributed by atoms with E-state index in [4.69, 9.17) is 21.1 Å². The molecule has 1 N–H and O–H groups in total. The van der Waals surface area contributed by atoms with Crippen molar-refractivity contribution in [3.8, 4) is 11.5 Å². The third-order valence-electron chi connectivity index (χ3n) is 5.41. The van der Waals surface area contributed by atoms with Gasteiger partial charge in [0.25, 0.3) is 0 Å². The summed E-state index contributed by atoms with van der Waals surface area (Å²) < 4.78 is 10.9. The lowest BCUT2D eigenvalue weighted by Crippen LogP contribution is -2.33. The monoisotopic (exact) mass is 436 g/mol. The van der Waals surface area contributed by atoms with Crippen molar-refractivity contribution in [2.45, 2.75) is 13.3 Å². The Hall–Kier alpha value is -3.18. The molecule has 160 valence electrons. The quantitative estimate of drug-likeness (QED) is 0.515. The van der Waals surface area contributed by atoms with Crippen molar-refractivity contribution in [1.82, 2.24) is 9.88 Å². The van der Waals surface area contributed by atoms with E-state index in [0.717, 1.165) is 17.5 Å². The van der Waals surface area contributed by atoms with Crippen LogP contribution in [0.25, 0.3) is 22.6 Å². The standard InChI is InChI=1S/C25H25ClN2O3/c1-3-31-23-15-17(14-21(26)25(23)30-2)8-9-24(29)28-12-10-18(11-13-28)20-16-27-22-7-5-4-6-19(20)22/h4-10,14-16,27H,3,11-13H2,1-2H3/b9-8+. The lowest BCUT2D eigenvalue weighted by molar-refractivity contribution is -0.125. The second-order valence-electron chi connectivity index (χ2n) is 7.31. The van der Waals surface area contributed by atoms with Crippen LogP contribution in [0.1, 0.15) is 24.5 Å². The van der Waals surface area contributed by atoms with E-state index in [1.54, 1.807) is 25.3 Å². The molecule has 0 bridgehead atoms. The summed E-state index contributed by atoms with van der Waals surface area (Å²) in [6.45, 7) is 3.67. The van der Waals surface area contributed by atoms with Crippen LogP contribution in [0.15, 0.2) is 54.7 Å². The Morgan fingerprint density at radius 1 is 1.29 bits per heavy atom. The number of halogens is 1. The van der Waals surface area contributed by atoms with Gasteiger partial charge in [-0.1, -0.05) is 35.9 Å². The van der Waals surface area contributed by atoms with Gasteiger partial charge in [0, 0.05) is 41.8 Å². The Bertz CT molecular complexity index is 1160. The van der Waals surface area contributed by atoms with Crippen molar-refractivity contribution in [3.05, 3.63) is 70.9 Å². The molecule has 0 saturated heterocycles. The number of hydrogen-bond acceptors (Lipinski definition) is 3. The number of methoxy groups -OCH3 is 1. The minimum atomic E-state index is -0.0286. The predicted octanol–water partition coefficient (Wildman–Crippen LogP) is 5.56. The highest BCUT2D eigenvalue weighted by molar-refractivity contribution is 6.32. The van der Waals surface area contributed by atoms with Crippen molar-refractivity contribution in [3.63, 3.8) is 0 Å². The molecule has 0 atom stereocenters. The normalized spacial score (nSPS) is 14.2. The highest BCUT2D eigenvalue weighted by Gasteiger charge is 2.18. The Morgan fingerprint density at radius 2 is 2.13 bits per heavy atom. The number of nitrogens with zero attached hydrogens (tertiary/aromatic N) is 1. The Morgan fingerprint density at radius 3 is 2.87 bits per heavy atom. The fourth-order valence-corrected chi connectivity index (χ4v) is 4.17. The van der Waals surface area contributed by atoms with Crippen LogP contribution >= 0.6 is 11.6 Å². The SMILES string of the molecule is CCOc1cc(/C=C/C(=O)N2CC=C(c3c[nH]c4ccccc34)CC2)cc(Cl)c1OC. The Kier molecular flexibility index (Phi) is 6.33. The van der Waals surface area contributed by atoms with Crippen molar-refractivity contribution < 1.29 is 14.3 Å². The number of aromatic amines is 1. The van der Waals surface area contributed by atoms with E-state index in [1.165, 1.54) is 16.5 Å². The van der Waals surface area contributed by atoms with Gasteiger partial charge in [-0.15, -0.1) is 0 Å². The Labute approximate surface area is 186 Å². The van der Waals surface area contributed by atoms with Crippen molar-refractivity contribution in [2.75, 3.05) is 26.8 Å². The van der Waals surface area contributed by atoms with E-state index in [0.29, 0.717) is 36.2 Å². The number of benzene rings is 2. The largest absolute Gasteiger partial charge is 0.491 e. The first-order valence-electron chi connectivity index (χ1n) is 10.3. The molecule has 0 unspecified atom stereocenters. The molecule has 1 aromatic heterocycles. The zero-order valence-electron chi connectivity index (χ0n) is 17.7. The van der Waals surface area contributed by atoms with Gasteiger partial charge in [0.15, 0.2) is 11.5 Å². The highest BCUT2D eigenvalue weighted by atomic mass is 35.5. The maximum atomic E-state index is 12.7. The minimum absolute atomic E-state index is 0.0286. The molecule has 1 aliphatic rings. The summed E-state index contributed by atoms with van der Waals surface area (Å²) in [4.78, 5) is 17.9. The average Bonchev–Trinajstić information content (AvgIpc) is 3.22. The van der Waals surface area contributed by atoms with Gasteiger partial charge in [-0.3, -0.25) is 4.79 Å². The summed E-state index contributed by atoms with van der Waals surface area (Å²) >= 11 is 6.30. The predicted molar refractivity (Wildman–Crippen MR) is 126 cm³/mol. The van der Waals surface area contributed by atoms with Gasteiger partial charge in [0.05, 0.1) is 18.7 Å². The van der Waals surface area contributed by atoms with E-state index in [-0.39, 0.29) is 5.91 Å². The molecule has 2 heterocycles. The van der Waals surface area contributed by atoms with E-state index in [2.05, 4.69) is 29.4 Å². The topological polar surface area (TPSA) is 54.6 Å². The van der Waals surface area contributed by atoms with Crippen LogP contribution in [-0.4, -0.2) is 42.6 Å². The number of amides is 1. The molecule has 0 saturated carbocycles. The van der Waals surface area contributed by atoms with E-state index in [1.807, 2.05) is 30.0 Å². The number of rotatable bonds is 6. The van der Waals surface area contributed by atoms with Crippen LogP contribution in [-0.2, 0) is 4.79 Å². The first kappa shape index (κ1) is 21.1. The maximum Gasteiger partial charge on any atom is 0.246 e. The average molecular weight is 437 g/mol. The van der Waals surface area contributed by atoms with Crippen LogP contribution in [0.3, 0.4) is 0 Å². The van der Waals surface area contributed by atoms with Gasteiger partial charge in [-0.25, -0.2) is 0 Å². The zero-order valence-corrected chi connectivity index (χ0v) is 18.4. The van der Waals surface area contributed by atoms with Gasteiger partial charge in [0.1, 0.15) is 0 Å². The van der Waals surface area contributed by atoms with Gasteiger partial charge in [-0.05, 0) is 48.8 Å². The van der Waals surface area contributed by atoms with Crippen molar-refractivity contribution >= 4 is 40.1 Å². The van der Waals surface area contributed by atoms with Gasteiger partial charge < -0.3 is 19.4 Å². The fraction of sp³-hybridized carbons (Fsp3) is 0.240. The van der Waals surface area contributed by atoms with Crippen LogP contribution < -0.4 is 9.47 Å². The van der Waals surface area contributed by atoms with Gasteiger partial charge in [0.2, 0.25) is 5.91 Å². The molecule has 4 rings (SSSR count). The number of aromatic nitrogens is 1. The minimum Gasteiger partial charge on any atom is -0.491 e. The van der Waals surface area contributed by atoms with Crippen LogP contribution in [0.2, 0.25) is 5.02 Å². The number of fused-ring (bicyclic) bond motifs is 1. The first-order chi connectivity index (χ1) is 15.1. The number of ether oxygens (including phenoxy) is 2. The summed E-state index contributed by atoms with van der Waals surface area (Å²) in [5, 5.41) is 1.67. The molecule has 2 aromatic carbocycles. The van der Waals surface area contributed by atoms with Gasteiger partial charge in [-0.2, -0.15) is 0 Å². The summed E-state index contributed by atoms with van der Waals surface area (Å²) in [5.74, 6) is 1.03. The first-order valence-corrected chi connectivity index (χ1v) is 10.7. The van der Waals surface area contributed by atoms with Crippen molar-refractivity contribution in [2.24, 2.45) is 0 Å². The molecule has 0 fully saturated rings. The number of para-hydroxylation sites is 1. The number of H-pyrrole nitrogens is 1. The summed E-state index contributed by atoms with van der Waals surface area (Å²) in [6, 6.07) is 11.9. The molecule has 5 nitrogen and oxygen atoms in total. The van der Waals surface area contributed by atoms with E-state index in [9.17, 15) is 4.79 Å². The molecule has 0 aliphatic carbocycles. The second-order valence-corrected chi connectivity index (χ2v) is 7.72. The molecule has 31 heavy (non-hydrogen) atoms. The van der Waals surface area contributed by atoms with E-state index < -0.39 is 0 Å².